The molecule has 0 saturated carbocycles. The molecular weight excluding hydrogens is 536 g/mol. The van der Waals surface area contributed by atoms with E-state index < -0.39 is 60.1 Å². The molecule has 0 fully saturated rings. The zero-order valence-electron chi connectivity index (χ0n) is 23.5. The van der Waals surface area contributed by atoms with Crippen molar-refractivity contribution in [3.63, 3.8) is 0 Å². The number of ether oxygens (including phenoxy) is 1. The van der Waals surface area contributed by atoms with Crippen LogP contribution in [-0.4, -0.2) is 70.1 Å². The lowest BCUT2D eigenvalue weighted by Gasteiger charge is -2.24. The third-order valence-electron chi connectivity index (χ3n) is 6.21. The second-order valence-corrected chi connectivity index (χ2v) is 9.97. The fraction of sp³-hybridized carbons (Fsp3) is 0.464. The van der Waals surface area contributed by atoms with Gasteiger partial charge in [0.2, 0.25) is 17.7 Å². The number of esters is 1. The first kappa shape index (κ1) is 32.7. The number of hydrogen-bond donors (Lipinski definition) is 4. The van der Waals surface area contributed by atoms with Gasteiger partial charge in [0.1, 0.15) is 25.2 Å². The molecule has 1 aliphatic rings. The van der Waals surface area contributed by atoms with Gasteiger partial charge in [-0.3, -0.25) is 38.5 Å². The minimum Gasteiger partial charge on any atom is -0.481 e. The van der Waals surface area contributed by atoms with Crippen LogP contribution in [0.2, 0.25) is 0 Å². The van der Waals surface area contributed by atoms with Gasteiger partial charge >= 0.3 is 11.9 Å². The Morgan fingerprint density at radius 2 is 1.59 bits per heavy atom. The summed E-state index contributed by atoms with van der Waals surface area (Å²) in [6.45, 7) is 5.64. The van der Waals surface area contributed by atoms with Crippen LogP contribution in [0.3, 0.4) is 0 Å². The SMILES string of the molecule is CC(=O)OCc1ccc(NC(=O)[C@H](C)NC(=O)[C@@H](NC(=O)CN2C(=O)C=CC2=O)C(C)C)cc1CCCCC(=O)O. The molecule has 222 valence electrons. The number of imide groups is 1. The standard InChI is InChI=1S/C28H36N4O9/c1-16(2)26(31-22(34)14-32-23(35)11-12-24(32)36)28(40)29-17(3)27(39)30-21-10-9-20(15-41-18(4)33)19(13-21)7-5-6-8-25(37)38/h9-13,16-17,26H,5-8,14-15H2,1-4H3,(H,29,40)(H,30,39)(H,31,34)(H,37,38)/t17-,26-/m0/s1. The van der Waals surface area contributed by atoms with Crippen LogP contribution in [0.5, 0.6) is 0 Å². The molecule has 0 spiro atoms. The molecule has 0 aromatic heterocycles. The molecule has 0 aliphatic carbocycles. The highest BCUT2D eigenvalue weighted by Gasteiger charge is 2.30. The number of carbonyl (C=O) groups excluding carboxylic acids is 6. The van der Waals surface area contributed by atoms with Crippen molar-refractivity contribution in [2.24, 2.45) is 5.92 Å². The summed E-state index contributed by atoms with van der Waals surface area (Å²) in [5.74, 6) is -4.81. The molecule has 0 bridgehead atoms. The zero-order valence-corrected chi connectivity index (χ0v) is 23.5. The predicted octanol–water partition coefficient (Wildman–Crippen LogP) is 1.06. The third-order valence-corrected chi connectivity index (χ3v) is 6.21. The molecule has 2 atom stereocenters. The van der Waals surface area contributed by atoms with Crippen LogP contribution in [0.1, 0.15) is 58.1 Å². The average Bonchev–Trinajstić information content (AvgIpc) is 3.20. The molecule has 1 aromatic carbocycles. The summed E-state index contributed by atoms with van der Waals surface area (Å²) in [6.07, 6.45) is 3.66. The number of amides is 5. The summed E-state index contributed by atoms with van der Waals surface area (Å²) >= 11 is 0. The quantitative estimate of drug-likeness (QED) is 0.135. The Kier molecular flexibility index (Phi) is 12.2. The van der Waals surface area contributed by atoms with Crippen molar-refractivity contribution in [2.45, 2.75) is 72.1 Å². The first-order valence-electron chi connectivity index (χ1n) is 13.2. The highest BCUT2D eigenvalue weighted by molar-refractivity contribution is 6.14. The maximum Gasteiger partial charge on any atom is 0.303 e. The number of nitrogens with zero attached hydrogens (tertiary/aromatic N) is 1. The number of anilines is 1. The Bertz CT molecular complexity index is 1210. The van der Waals surface area contributed by atoms with Gasteiger partial charge in [-0.15, -0.1) is 0 Å². The van der Waals surface area contributed by atoms with E-state index in [1.165, 1.54) is 13.8 Å². The van der Waals surface area contributed by atoms with Crippen LogP contribution < -0.4 is 16.0 Å². The zero-order chi connectivity index (χ0) is 30.7. The van der Waals surface area contributed by atoms with Crippen molar-refractivity contribution in [3.05, 3.63) is 41.5 Å². The van der Waals surface area contributed by atoms with Crippen molar-refractivity contribution >= 4 is 47.2 Å². The molecule has 1 aromatic rings. The number of aryl methyl sites for hydroxylation is 1. The lowest BCUT2D eigenvalue weighted by Crippen LogP contribution is -2.55. The van der Waals surface area contributed by atoms with Crippen LogP contribution in [-0.2, 0) is 51.3 Å². The van der Waals surface area contributed by atoms with Crippen molar-refractivity contribution in [1.29, 1.82) is 0 Å². The minimum absolute atomic E-state index is 0.0243. The van der Waals surface area contributed by atoms with E-state index in [2.05, 4.69) is 16.0 Å². The Morgan fingerprint density at radius 3 is 2.17 bits per heavy atom. The summed E-state index contributed by atoms with van der Waals surface area (Å²) in [6, 6.07) is 3.00. The third kappa shape index (κ3) is 10.5. The number of aliphatic carboxylic acids is 1. The fourth-order valence-electron chi connectivity index (χ4n) is 3.95. The van der Waals surface area contributed by atoms with Crippen molar-refractivity contribution in [1.82, 2.24) is 15.5 Å². The molecular formula is C28H36N4O9. The summed E-state index contributed by atoms with van der Waals surface area (Å²) in [5.41, 5.74) is 1.93. The van der Waals surface area contributed by atoms with Gasteiger partial charge in [-0.2, -0.15) is 0 Å². The van der Waals surface area contributed by atoms with Gasteiger partial charge in [0.15, 0.2) is 0 Å². The van der Waals surface area contributed by atoms with Gasteiger partial charge in [0.05, 0.1) is 0 Å². The smallest absolute Gasteiger partial charge is 0.303 e. The molecule has 1 aliphatic heterocycles. The number of hydrogen-bond acceptors (Lipinski definition) is 8. The molecule has 13 nitrogen and oxygen atoms in total. The molecule has 13 heteroatoms. The van der Waals surface area contributed by atoms with Crippen LogP contribution in [0, 0.1) is 5.92 Å². The first-order valence-corrected chi connectivity index (χ1v) is 13.2. The van der Waals surface area contributed by atoms with E-state index >= 15 is 0 Å². The van der Waals surface area contributed by atoms with Crippen LogP contribution in [0.25, 0.3) is 0 Å². The second-order valence-electron chi connectivity index (χ2n) is 9.97. The monoisotopic (exact) mass is 572 g/mol. The van der Waals surface area contributed by atoms with E-state index in [0.717, 1.165) is 28.2 Å². The summed E-state index contributed by atoms with van der Waals surface area (Å²) in [7, 11) is 0. The maximum absolute atomic E-state index is 12.9. The van der Waals surface area contributed by atoms with Gasteiger partial charge < -0.3 is 25.8 Å². The van der Waals surface area contributed by atoms with Gasteiger partial charge in [0, 0.05) is 31.2 Å². The van der Waals surface area contributed by atoms with E-state index in [-0.39, 0.29) is 18.9 Å². The molecule has 0 radical (unpaired) electrons. The van der Waals surface area contributed by atoms with Crippen LogP contribution >= 0.6 is 0 Å². The van der Waals surface area contributed by atoms with E-state index in [1.54, 1.807) is 32.0 Å². The normalized spacial score (nSPS) is 14.0. The average molecular weight is 573 g/mol. The molecule has 0 unspecified atom stereocenters. The number of nitrogens with one attached hydrogen (secondary N) is 3. The fourth-order valence-corrected chi connectivity index (χ4v) is 3.95. The maximum atomic E-state index is 12.9. The van der Waals surface area contributed by atoms with Crippen molar-refractivity contribution < 1.29 is 43.4 Å². The highest BCUT2D eigenvalue weighted by Crippen LogP contribution is 2.20. The minimum atomic E-state index is -1.03. The van der Waals surface area contributed by atoms with Crippen LogP contribution in [0.4, 0.5) is 5.69 Å². The molecule has 4 N–H and O–H groups in total. The lowest BCUT2D eigenvalue weighted by molar-refractivity contribution is -0.142. The largest absolute Gasteiger partial charge is 0.481 e. The highest BCUT2D eigenvalue weighted by atomic mass is 16.5. The van der Waals surface area contributed by atoms with Crippen molar-refractivity contribution in [2.75, 3.05) is 11.9 Å². The Labute approximate surface area is 237 Å². The van der Waals surface area contributed by atoms with Gasteiger partial charge in [-0.1, -0.05) is 19.9 Å². The second kappa shape index (κ2) is 15.3. The topological polar surface area (TPSA) is 188 Å². The molecule has 41 heavy (non-hydrogen) atoms. The molecule has 5 amide bonds. The summed E-state index contributed by atoms with van der Waals surface area (Å²) in [4.78, 5) is 84.5. The van der Waals surface area contributed by atoms with E-state index in [4.69, 9.17) is 9.84 Å². The summed E-state index contributed by atoms with van der Waals surface area (Å²) in [5, 5.41) is 16.7. The number of benzene rings is 1. The molecule has 0 saturated heterocycles. The van der Waals surface area contributed by atoms with Crippen LogP contribution in [0.15, 0.2) is 30.4 Å². The van der Waals surface area contributed by atoms with Gasteiger partial charge in [0.25, 0.3) is 11.8 Å². The molecule has 2 rings (SSSR count). The summed E-state index contributed by atoms with van der Waals surface area (Å²) < 4.78 is 5.10. The number of carboxylic acid groups (broad SMARTS) is 1. The Balaban J connectivity index is 2.02. The Hall–Kier alpha value is -4.55. The van der Waals surface area contributed by atoms with E-state index in [9.17, 15) is 33.6 Å². The predicted molar refractivity (Wildman–Crippen MR) is 146 cm³/mol. The number of rotatable bonds is 15. The van der Waals surface area contributed by atoms with E-state index in [0.29, 0.717) is 24.9 Å². The lowest BCUT2D eigenvalue weighted by atomic mass is 10.0. The number of carbonyl (C=O) groups is 7. The van der Waals surface area contributed by atoms with Gasteiger partial charge in [-0.05, 0) is 55.4 Å². The first-order chi connectivity index (χ1) is 19.3. The number of unbranched alkanes of at least 4 members (excludes halogenated alkanes) is 1. The molecule has 1 heterocycles. The van der Waals surface area contributed by atoms with Gasteiger partial charge in [-0.25, -0.2) is 0 Å². The number of carboxylic acids is 1. The Morgan fingerprint density at radius 1 is 0.927 bits per heavy atom. The van der Waals surface area contributed by atoms with E-state index in [1.807, 2.05) is 0 Å². The van der Waals surface area contributed by atoms with Crippen molar-refractivity contribution in [3.8, 4) is 0 Å².